The molecule has 148 valence electrons. The molecule has 0 radical (unpaired) electrons. The van der Waals surface area contributed by atoms with Crippen LogP contribution in [0.1, 0.15) is 38.7 Å². The van der Waals surface area contributed by atoms with E-state index in [9.17, 15) is 0 Å². The van der Waals surface area contributed by atoms with E-state index < -0.39 is 0 Å². The number of hydrogen-bond donors (Lipinski definition) is 1. The van der Waals surface area contributed by atoms with Gasteiger partial charge in [-0.1, -0.05) is 12.1 Å². The molecule has 0 aromatic heterocycles. The van der Waals surface area contributed by atoms with Gasteiger partial charge in [-0.25, -0.2) is 4.99 Å². The van der Waals surface area contributed by atoms with Gasteiger partial charge >= 0.3 is 0 Å². The van der Waals surface area contributed by atoms with Crippen LogP contribution < -0.4 is 10.1 Å². The maximum Gasteiger partial charge on any atom is 0.193 e. The number of nitrogens with one attached hydrogen (secondary N) is 1. The lowest BCUT2D eigenvalue weighted by Gasteiger charge is -2.26. The molecule has 0 spiro atoms. The van der Waals surface area contributed by atoms with Gasteiger partial charge in [0.2, 0.25) is 0 Å². The molecule has 0 atom stereocenters. The zero-order chi connectivity index (χ0) is 17.9. The first kappa shape index (κ1) is 23.0. The molecule has 1 N–H and O–H groups in total. The third-order valence-corrected chi connectivity index (χ3v) is 4.53. The molecule has 1 aromatic carbocycles. The van der Waals surface area contributed by atoms with Gasteiger partial charge in [-0.2, -0.15) is 0 Å². The molecular formula is C20H34IN3O2. The van der Waals surface area contributed by atoms with Crippen LogP contribution in [0.5, 0.6) is 5.75 Å². The second kappa shape index (κ2) is 13.2. The Bertz CT molecular complexity index is 534. The van der Waals surface area contributed by atoms with Crippen molar-refractivity contribution in [2.45, 2.75) is 39.7 Å². The molecule has 0 unspecified atom stereocenters. The van der Waals surface area contributed by atoms with Crippen molar-refractivity contribution < 1.29 is 9.47 Å². The third-order valence-electron chi connectivity index (χ3n) is 4.53. The summed E-state index contributed by atoms with van der Waals surface area (Å²) in [7, 11) is 2.12. The lowest BCUT2D eigenvalue weighted by atomic mass is 9.96. The summed E-state index contributed by atoms with van der Waals surface area (Å²) in [4.78, 5) is 7.04. The number of halogens is 1. The molecule has 0 bridgehead atoms. The van der Waals surface area contributed by atoms with E-state index in [1.54, 1.807) is 0 Å². The van der Waals surface area contributed by atoms with Crippen molar-refractivity contribution in [3.63, 3.8) is 0 Å². The minimum absolute atomic E-state index is 0. The fourth-order valence-electron chi connectivity index (χ4n) is 3.05. The van der Waals surface area contributed by atoms with Crippen LogP contribution >= 0.6 is 24.0 Å². The van der Waals surface area contributed by atoms with E-state index in [1.807, 2.05) is 19.1 Å². The molecule has 1 aliphatic rings. The number of benzene rings is 1. The average Bonchev–Trinajstić information content (AvgIpc) is 2.64. The van der Waals surface area contributed by atoms with E-state index >= 15 is 0 Å². The fourth-order valence-corrected chi connectivity index (χ4v) is 3.05. The molecule has 0 amide bonds. The number of hydrogen-bond acceptors (Lipinski definition) is 3. The first-order chi connectivity index (χ1) is 12.2. The lowest BCUT2D eigenvalue weighted by molar-refractivity contribution is 0.0625. The van der Waals surface area contributed by atoms with Crippen LogP contribution in [0.3, 0.4) is 0 Å². The molecule has 1 fully saturated rings. The summed E-state index contributed by atoms with van der Waals surface area (Å²) < 4.78 is 11.0. The number of ether oxygens (including phenoxy) is 2. The fraction of sp³-hybridized carbons (Fsp3) is 0.650. The highest BCUT2D eigenvalue weighted by Crippen LogP contribution is 2.18. The summed E-state index contributed by atoms with van der Waals surface area (Å²) in [5, 5.41) is 3.40. The predicted molar refractivity (Wildman–Crippen MR) is 119 cm³/mol. The SMILES string of the molecule is CCNC(=NCc1cccc(OCC)c1)N(C)CCC1CCOCC1.I. The van der Waals surface area contributed by atoms with Gasteiger partial charge in [-0.15, -0.1) is 24.0 Å². The van der Waals surface area contributed by atoms with Crippen molar-refractivity contribution in [2.75, 3.05) is 40.0 Å². The van der Waals surface area contributed by atoms with E-state index in [0.717, 1.165) is 43.9 Å². The van der Waals surface area contributed by atoms with Crippen LogP contribution in [0.25, 0.3) is 0 Å². The highest BCUT2D eigenvalue weighted by atomic mass is 127. The average molecular weight is 475 g/mol. The summed E-state index contributed by atoms with van der Waals surface area (Å²) in [6, 6.07) is 8.18. The largest absolute Gasteiger partial charge is 0.494 e. The van der Waals surface area contributed by atoms with Gasteiger partial charge in [-0.3, -0.25) is 0 Å². The predicted octanol–water partition coefficient (Wildman–Crippen LogP) is 3.92. The summed E-state index contributed by atoms with van der Waals surface area (Å²) in [6.07, 6.45) is 3.57. The van der Waals surface area contributed by atoms with Crippen molar-refractivity contribution >= 4 is 29.9 Å². The Labute approximate surface area is 175 Å². The monoisotopic (exact) mass is 475 g/mol. The summed E-state index contributed by atoms with van der Waals surface area (Å²) in [6.45, 7) is 9.18. The maximum absolute atomic E-state index is 5.57. The summed E-state index contributed by atoms with van der Waals surface area (Å²) >= 11 is 0. The second-order valence-electron chi connectivity index (χ2n) is 6.52. The zero-order valence-corrected chi connectivity index (χ0v) is 18.7. The Morgan fingerprint density at radius 1 is 1.31 bits per heavy atom. The van der Waals surface area contributed by atoms with Crippen molar-refractivity contribution in [3.8, 4) is 5.75 Å². The Morgan fingerprint density at radius 3 is 2.77 bits per heavy atom. The van der Waals surface area contributed by atoms with Crippen LogP contribution in [0.2, 0.25) is 0 Å². The molecule has 1 aromatic rings. The topological polar surface area (TPSA) is 46.1 Å². The van der Waals surface area contributed by atoms with Crippen molar-refractivity contribution in [2.24, 2.45) is 10.9 Å². The summed E-state index contributed by atoms with van der Waals surface area (Å²) in [5.41, 5.74) is 1.17. The number of rotatable bonds is 8. The van der Waals surface area contributed by atoms with Gasteiger partial charge in [0.15, 0.2) is 5.96 Å². The highest BCUT2D eigenvalue weighted by molar-refractivity contribution is 14.0. The van der Waals surface area contributed by atoms with Crippen LogP contribution in [-0.4, -0.2) is 50.8 Å². The molecule has 1 aliphatic heterocycles. The molecule has 0 saturated carbocycles. The molecular weight excluding hydrogens is 441 g/mol. The van der Waals surface area contributed by atoms with Gasteiger partial charge in [0, 0.05) is 33.4 Å². The third kappa shape index (κ3) is 8.12. The molecule has 0 aliphatic carbocycles. The molecule has 1 heterocycles. The Balaban J connectivity index is 0.00000338. The first-order valence-electron chi connectivity index (χ1n) is 9.51. The first-order valence-corrected chi connectivity index (χ1v) is 9.51. The van der Waals surface area contributed by atoms with Crippen molar-refractivity contribution in [1.82, 2.24) is 10.2 Å². The standard InChI is InChI=1S/C20H33N3O2.HI/c1-4-21-20(23(3)12-9-17-10-13-24-14-11-17)22-16-18-7-6-8-19(15-18)25-5-2;/h6-8,15,17H,4-5,9-14,16H2,1-3H3,(H,21,22);1H. The molecule has 26 heavy (non-hydrogen) atoms. The van der Waals surface area contributed by atoms with Crippen LogP contribution in [0, 0.1) is 5.92 Å². The van der Waals surface area contributed by atoms with E-state index in [1.165, 1.54) is 24.8 Å². The lowest BCUT2D eigenvalue weighted by Crippen LogP contribution is -2.40. The van der Waals surface area contributed by atoms with Crippen molar-refractivity contribution in [3.05, 3.63) is 29.8 Å². The number of nitrogens with zero attached hydrogens (tertiary/aromatic N) is 2. The quantitative estimate of drug-likeness (QED) is 0.352. The number of guanidine groups is 1. The minimum Gasteiger partial charge on any atom is -0.494 e. The zero-order valence-electron chi connectivity index (χ0n) is 16.4. The molecule has 6 heteroatoms. The van der Waals surface area contributed by atoms with Gasteiger partial charge in [-0.05, 0) is 56.7 Å². The summed E-state index contributed by atoms with van der Waals surface area (Å²) in [5.74, 6) is 2.66. The molecule has 2 rings (SSSR count). The smallest absolute Gasteiger partial charge is 0.193 e. The van der Waals surface area contributed by atoms with E-state index in [-0.39, 0.29) is 24.0 Å². The maximum atomic E-state index is 5.57. The molecule has 1 saturated heterocycles. The van der Waals surface area contributed by atoms with E-state index in [0.29, 0.717) is 13.2 Å². The Hall–Kier alpha value is -1.02. The number of aliphatic imine (C=N–C) groups is 1. The van der Waals surface area contributed by atoms with Crippen LogP contribution in [-0.2, 0) is 11.3 Å². The minimum atomic E-state index is 0. The van der Waals surface area contributed by atoms with Crippen molar-refractivity contribution in [1.29, 1.82) is 0 Å². The normalized spacial score (nSPS) is 15.3. The molecule has 5 nitrogen and oxygen atoms in total. The Kier molecular flexibility index (Phi) is 11.7. The van der Waals surface area contributed by atoms with Gasteiger partial charge < -0.3 is 19.7 Å². The van der Waals surface area contributed by atoms with E-state index in [2.05, 4.69) is 36.3 Å². The van der Waals surface area contributed by atoms with Gasteiger partial charge in [0.25, 0.3) is 0 Å². The Morgan fingerprint density at radius 2 is 2.08 bits per heavy atom. The van der Waals surface area contributed by atoms with Gasteiger partial charge in [0.05, 0.1) is 13.2 Å². The second-order valence-corrected chi connectivity index (χ2v) is 6.52. The van der Waals surface area contributed by atoms with Crippen LogP contribution in [0.4, 0.5) is 0 Å². The highest BCUT2D eigenvalue weighted by Gasteiger charge is 2.15. The van der Waals surface area contributed by atoms with E-state index in [4.69, 9.17) is 14.5 Å². The van der Waals surface area contributed by atoms with Gasteiger partial charge in [0.1, 0.15) is 5.75 Å². The van der Waals surface area contributed by atoms with Crippen LogP contribution in [0.15, 0.2) is 29.3 Å².